The number of anilines is 2. The van der Waals surface area contributed by atoms with Gasteiger partial charge in [0.05, 0.1) is 31.2 Å². The Labute approximate surface area is 222 Å². The van der Waals surface area contributed by atoms with E-state index in [4.69, 9.17) is 14.2 Å². The highest BCUT2D eigenvalue weighted by Gasteiger charge is 2.39. The third kappa shape index (κ3) is 5.78. The van der Waals surface area contributed by atoms with Crippen LogP contribution in [-0.4, -0.2) is 61.6 Å². The molecule has 2 aromatic carbocycles. The Morgan fingerprint density at radius 3 is 2.61 bits per heavy atom. The first-order valence-electron chi connectivity index (χ1n) is 13.4. The Morgan fingerprint density at radius 1 is 1.03 bits per heavy atom. The van der Waals surface area contributed by atoms with Crippen LogP contribution in [0.5, 0.6) is 11.5 Å². The van der Waals surface area contributed by atoms with E-state index in [9.17, 15) is 14.4 Å². The maximum atomic E-state index is 13.5. The molecule has 2 fully saturated rings. The molecule has 2 N–H and O–H groups in total. The molecule has 202 valence electrons. The number of carbonyl (C=O) groups is 3. The summed E-state index contributed by atoms with van der Waals surface area (Å²) in [6.07, 6.45) is 4.90. The maximum Gasteiger partial charge on any atom is 0.257 e. The van der Waals surface area contributed by atoms with Gasteiger partial charge in [0, 0.05) is 30.4 Å². The normalized spacial score (nSPS) is 23.4. The van der Waals surface area contributed by atoms with E-state index < -0.39 is 0 Å². The average molecular weight is 522 g/mol. The molecule has 3 aliphatic rings. The van der Waals surface area contributed by atoms with E-state index in [1.54, 1.807) is 43.3 Å². The van der Waals surface area contributed by atoms with Gasteiger partial charge in [-0.05, 0) is 56.0 Å². The number of carbonyl (C=O) groups excluding carboxylic acids is 3. The number of fused-ring (bicyclic) bond motifs is 2. The number of rotatable bonds is 6. The van der Waals surface area contributed by atoms with Crippen LogP contribution in [0.3, 0.4) is 0 Å². The first-order chi connectivity index (χ1) is 18.4. The molecule has 0 bridgehead atoms. The van der Waals surface area contributed by atoms with E-state index >= 15 is 0 Å². The van der Waals surface area contributed by atoms with Crippen molar-refractivity contribution in [1.82, 2.24) is 4.90 Å². The number of likely N-dealkylation sites (N-methyl/N-ethyl adjacent to an activating group) is 1. The Balaban J connectivity index is 1.22. The minimum atomic E-state index is -0.359. The minimum Gasteiger partial charge on any atom is -0.497 e. The summed E-state index contributed by atoms with van der Waals surface area (Å²) in [6, 6.07) is 12.2. The molecule has 2 heterocycles. The standard InChI is InChI=1S/C29H35N3O6/c1-32-24-12-11-22(16-27(33)30-19-8-5-9-21(14-19)36-2)38-26(24)17-37-25-13-10-20(15-23(25)29(32)35)31-28(34)18-6-3-4-7-18/h5,8-10,13-15,18,22,24,26H,3-4,6-7,11-12,16-17H2,1-2H3,(H,30,33)(H,31,34)/t22-,24+,26-/m1/s1. The van der Waals surface area contributed by atoms with Crippen LogP contribution in [0.15, 0.2) is 42.5 Å². The van der Waals surface area contributed by atoms with Gasteiger partial charge in [-0.1, -0.05) is 18.9 Å². The highest BCUT2D eigenvalue weighted by molar-refractivity contribution is 6.00. The van der Waals surface area contributed by atoms with Crippen LogP contribution in [0.25, 0.3) is 0 Å². The number of nitrogens with zero attached hydrogens (tertiary/aromatic N) is 1. The molecule has 1 saturated heterocycles. The first kappa shape index (κ1) is 26.0. The Hall–Kier alpha value is -3.59. The molecule has 5 rings (SSSR count). The van der Waals surface area contributed by atoms with Crippen LogP contribution in [-0.2, 0) is 14.3 Å². The van der Waals surface area contributed by atoms with E-state index in [1.165, 1.54) is 0 Å². The van der Waals surface area contributed by atoms with Crippen LogP contribution in [0, 0.1) is 5.92 Å². The number of methoxy groups -OCH3 is 1. The monoisotopic (exact) mass is 521 g/mol. The number of nitrogens with one attached hydrogen (secondary N) is 2. The van der Waals surface area contributed by atoms with Crippen LogP contribution in [0.1, 0.15) is 55.3 Å². The second kappa shape index (κ2) is 11.4. The molecular formula is C29H35N3O6. The van der Waals surface area contributed by atoms with Gasteiger partial charge < -0.3 is 29.7 Å². The summed E-state index contributed by atoms with van der Waals surface area (Å²) in [5.41, 5.74) is 1.69. The summed E-state index contributed by atoms with van der Waals surface area (Å²) in [5, 5.41) is 5.87. The molecule has 0 unspecified atom stereocenters. The van der Waals surface area contributed by atoms with Gasteiger partial charge in [0.25, 0.3) is 5.91 Å². The summed E-state index contributed by atoms with van der Waals surface area (Å²) in [6.45, 7) is 0.261. The van der Waals surface area contributed by atoms with Crippen molar-refractivity contribution >= 4 is 29.1 Å². The van der Waals surface area contributed by atoms with Crippen molar-refractivity contribution in [2.24, 2.45) is 5.92 Å². The maximum absolute atomic E-state index is 13.5. The number of hydrogen-bond donors (Lipinski definition) is 2. The third-order valence-corrected chi connectivity index (χ3v) is 7.77. The van der Waals surface area contributed by atoms with Crippen molar-refractivity contribution in [2.45, 2.75) is 63.2 Å². The molecule has 0 spiro atoms. The van der Waals surface area contributed by atoms with Crippen molar-refractivity contribution in [1.29, 1.82) is 0 Å². The lowest BCUT2D eigenvalue weighted by atomic mass is 9.94. The molecule has 2 aromatic rings. The lowest BCUT2D eigenvalue weighted by Gasteiger charge is -2.42. The molecular weight excluding hydrogens is 486 g/mol. The van der Waals surface area contributed by atoms with Crippen LogP contribution in [0.2, 0.25) is 0 Å². The minimum absolute atomic E-state index is 0.0113. The van der Waals surface area contributed by atoms with Gasteiger partial charge in [-0.3, -0.25) is 14.4 Å². The summed E-state index contributed by atoms with van der Waals surface area (Å²) in [7, 11) is 3.36. The molecule has 38 heavy (non-hydrogen) atoms. The molecule has 9 heteroatoms. The fourth-order valence-electron chi connectivity index (χ4n) is 5.66. The fourth-order valence-corrected chi connectivity index (χ4v) is 5.66. The second-order valence-corrected chi connectivity index (χ2v) is 10.3. The van der Waals surface area contributed by atoms with Gasteiger partial charge in [-0.15, -0.1) is 0 Å². The van der Waals surface area contributed by atoms with E-state index in [-0.39, 0.29) is 54.9 Å². The van der Waals surface area contributed by atoms with Gasteiger partial charge in [-0.25, -0.2) is 0 Å². The van der Waals surface area contributed by atoms with Crippen LogP contribution < -0.4 is 20.1 Å². The molecule has 1 saturated carbocycles. The number of hydrogen-bond acceptors (Lipinski definition) is 6. The Morgan fingerprint density at radius 2 is 1.82 bits per heavy atom. The zero-order valence-corrected chi connectivity index (χ0v) is 21.9. The summed E-state index contributed by atoms with van der Waals surface area (Å²) < 4.78 is 17.6. The Bertz CT molecular complexity index is 1190. The predicted octanol–water partition coefficient (Wildman–Crippen LogP) is 4.23. The molecule has 0 radical (unpaired) electrons. The van der Waals surface area contributed by atoms with Gasteiger partial charge >= 0.3 is 0 Å². The zero-order valence-electron chi connectivity index (χ0n) is 21.9. The third-order valence-electron chi connectivity index (χ3n) is 7.77. The van der Waals surface area contributed by atoms with E-state index in [1.807, 2.05) is 18.2 Å². The lowest BCUT2D eigenvalue weighted by molar-refractivity contribution is -0.130. The lowest BCUT2D eigenvalue weighted by Crippen LogP contribution is -2.53. The SMILES string of the molecule is COc1cccc(NC(=O)C[C@H]2CC[C@H]3[C@@H](COc4ccc(NC(=O)C5CCCC5)cc4C(=O)N3C)O2)c1. The van der Waals surface area contributed by atoms with Crippen LogP contribution >= 0.6 is 0 Å². The quantitative estimate of drug-likeness (QED) is 0.589. The van der Waals surface area contributed by atoms with Crippen molar-refractivity contribution < 1.29 is 28.6 Å². The largest absolute Gasteiger partial charge is 0.497 e. The number of ether oxygens (including phenoxy) is 3. The molecule has 2 aliphatic heterocycles. The molecule has 1 aliphatic carbocycles. The Kier molecular flexibility index (Phi) is 7.83. The van der Waals surface area contributed by atoms with Crippen molar-refractivity contribution in [3.05, 3.63) is 48.0 Å². The number of benzene rings is 2. The summed E-state index contributed by atoms with van der Waals surface area (Å²) in [4.78, 5) is 40.4. The van der Waals surface area contributed by atoms with Crippen molar-refractivity contribution in [3.63, 3.8) is 0 Å². The molecule has 3 atom stereocenters. The average Bonchev–Trinajstić information content (AvgIpc) is 3.46. The summed E-state index contributed by atoms with van der Waals surface area (Å²) >= 11 is 0. The van der Waals surface area contributed by atoms with Crippen molar-refractivity contribution in [3.8, 4) is 11.5 Å². The number of amides is 3. The van der Waals surface area contributed by atoms with Crippen LogP contribution in [0.4, 0.5) is 11.4 Å². The van der Waals surface area contributed by atoms with Gasteiger partial charge in [0.2, 0.25) is 11.8 Å². The topological polar surface area (TPSA) is 106 Å². The smallest absolute Gasteiger partial charge is 0.257 e. The molecule has 9 nitrogen and oxygen atoms in total. The van der Waals surface area contributed by atoms with E-state index in [0.717, 1.165) is 25.7 Å². The van der Waals surface area contributed by atoms with E-state index in [2.05, 4.69) is 10.6 Å². The van der Waals surface area contributed by atoms with Crippen molar-refractivity contribution in [2.75, 3.05) is 31.4 Å². The fraction of sp³-hybridized carbons (Fsp3) is 0.483. The van der Waals surface area contributed by atoms with Gasteiger partial charge in [0.1, 0.15) is 24.2 Å². The second-order valence-electron chi connectivity index (χ2n) is 10.3. The highest BCUT2D eigenvalue weighted by atomic mass is 16.5. The molecule has 0 aromatic heterocycles. The first-order valence-corrected chi connectivity index (χ1v) is 13.4. The molecule has 3 amide bonds. The van der Waals surface area contributed by atoms with Gasteiger partial charge in [0.15, 0.2) is 0 Å². The summed E-state index contributed by atoms with van der Waals surface area (Å²) in [5.74, 6) is 0.859. The highest BCUT2D eigenvalue weighted by Crippen LogP contribution is 2.33. The zero-order chi connectivity index (χ0) is 26.6. The van der Waals surface area contributed by atoms with Gasteiger partial charge in [-0.2, -0.15) is 0 Å². The predicted molar refractivity (Wildman–Crippen MR) is 143 cm³/mol. The van der Waals surface area contributed by atoms with E-state index in [0.29, 0.717) is 41.3 Å².